The van der Waals surface area contributed by atoms with Crippen molar-refractivity contribution >= 4 is 23.2 Å². The summed E-state index contributed by atoms with van der Waals surface area (Å²) < 4.78 is 5.46. The molecule has 1 aromatic heterocycles. The summed E-state index contributed by atoms with van der Waals surface area (Å²) in [7, 11) is 3.94. The van der Waals surface area contributed by atoms with Crippen LogP contribution in [0.1, 0.15) is 53.4 Å². The van der Waals surface area contributed by atoms with E-state index in [1.807, 2.05) is 74.4 Å². The fraction of sp³-hybridized carbons (Fsp3) is 0.333. The van der Waals surface area contributed by atoms with Crippen LogP contribution in [0, 0.1) is 6.92 Å². The predicted octanol–water partition coefficient (Wildman–Crippen LogP) is 5.10. The standard InChI is InChI=1S/C27H31N3O3/c1-19-9-4-7-12-23(19)30(27(32)24-13-8-18-33-24)25(26(31)28-21-10-5-6-11-21)20-14-16-22(17-15-20)29(2)3/h4,7-9,12-18,21,25H,5-6,10-11H2,1-3H3,(H,28,31). The van der Waals surface area contributed by atoms with Crippen molar-refractivity contribution in [2.45, 2.75) is 44.7 Å². The SMILES string of the molecule is Cc1ccccc1N(C(=O)c1ccco1)C(C(=O)NC1CCCC1)c1ccc(N(C)C)cc1. The Morgan fingerprint density at radius 1 is 0.970 bits per heavy atom. The molecule has 1 atom stereocenters. The van der Waals surface area contributed by atoms with Crippen molar-refractivity contribution in [1.82, 2.24) is 5.32 Å². The Bertz CT molecular complexity index is 1080. The van der Waals surface area contributed by atoms with Crippen molar-refractivity contribution in [3.05, 3.63) is 83.8 Å². The topological polar surface area (TPSA) is 65.8 Å². The van der Waals surface area contributed by atoms with Gasteiger partial charge in [0.25, 0.3) is 5.91 Å². The molecule has 0 aliphatic heterocycles. The van der Waals surface area contributed by atoms with Crippen LogP contribution in [0.2, 0.25) is 0 Å². The van der Waals surface area contributed by atoms with E-state index in [-0.39, 0.29) is 23.6 Å². The van der Waals surface area contributed by atoms with Crippen molar-refractivity contribution < 1.29 is 14.0 Å². The third-order valence-electron chi connectivity index (χ3n) is 6.26. The minimum atomic E-state index is -0.833. The van der Waals surface area contributed by atoms with E-state index in [1.165, 1.54) is 6.26 Å². The number of anilines is 2. The highest BCUT2D eigenvalue weighted by molar-refractivity contribution is 6.09. The van der Waals surface area contributed by atoms with Crippen molar-refractivity contribution in [1.29, 1.82) is 0 Å². The van der Waals surface area contributed by atoms with Crippen LogP contribution < -0.4 is 15.1 Å². The van der Waals surface area contributed by atoms with Gasteiger partial charge in [-0.15, -0.1) is 0 Å². The predicted molar refractivity (Wildman–Crippen MR) is 131 cm³/mol. The quantitative estimate of drug-likeness (QED) is 0.549. The Kier molecular flexibility index (Phi) is 6.82. The largest absolute Gasteiger partial charge is 0.459 e. The number of amides is 2. The van der Waals surface area contributed by atoms with Crippen molar-refractivity contribution in [3.8, 4) is 0 Å². The minimum Gasteiger partial charge on any atom is -0.459 e. The van der Waals surface area contributed by atoms with Gasteiger partial charge in [-0.05, 0) is 61.2 Å². The van der Waals surface area contributed by atoms with Crippen LogP contribution in [0.3, 0.4) is 0 Å². The second-order valence-corrected chi connectivity index (χ2v) is 8.82. The summed E-state index contributed by atoms with van der Waals surface area (Å²) in [5, 5.41) is 3.21. The maximum atomic E-state index is 13.8. The molecule has 2 aromatic carbocycles. The summed E-state index contributed by atoms with van der Waals surface area (Å²) in [5.41, 5.74) is 3.36. The molecule has 6 nitrogen and oxygen atoms in total. The lowest BCUT2D eigenvalue weighted by Crippen LogP contribution is -2.46. The average molecular weight is 446 g/mol. The number of carbonyl (C=O) groups is 2. The number of benzene rings is 2. The molecule has 0 bridgehead atoms. The molecule has 1 fully saturated rings. The summed E-state index contributed by atoms with van der Waals surface area (Å²) in [5.74, 6) is -0.331. The third-order valence-corrected chi connectivity index (χ3v) is 6.26. The second kappa shape index (κ2) is 9.94. The molecular weight excluding hydrogens is 414 g/mol. The first-order valence-electron chi connectivity index (χ1n) is 11.5. The molecule has 2 amide bonds. The lowest BCUT2D eigenvalue weighted by atomic mass is 10.0. The second-order valence-electron chi connectivity index (χ2n) is 8.82. The molecular formula is C27H31N3O3. The summed E-state index contributed by atoms with van der Waals surface area (Å²) in [4.78, 5) is 31.1. The number of nitrogens with one attached hydrogen (secondary N) is 1. The molecule has 172 valence electrons. The highest BCUT2D eigenvalue weighted by Gasteiger charge is 2.36. The zero-order chi connectivity index (χ0) is 23.4. The molecule has 1 unspecified atom stereocenters. The number of para-hydroxylation sites is 1. The van der Waals surface area contributed by atoms with Crippen molar-refractivity contribution in [2.24, 2.45) is 0 Å². The summed E-state index contributed by atoms with van der Waals surface area (Å²) >= 11 is 0. The van der Waals surface area contributed by atoms with Gasteiger partial charge >= 0.3 is 0 Å². The molecule has 0 spiro atoms. The number of furan rings is 1. The number of rotatable bonds is 7. The molecule has 33 heavy (non-hydrogen) atoms. The van der Waals surface area contributed by atoms with Gasteiger partial charge in [0.2, 0.25) is 5.91 Å². The van der Waals surface area contributed by atoms with Gasteiger partial charge in [0.1, 0.15) is 6.04 Å². The van der Waals surface area contributed by atoms with Gasteiger partial charge in [0.05, 0.1) is 6.26 Å². The fourth-order valence-electron chi connectivity index (χ4n) is 4.44. The van der Waals surface area contributed by atoms with E-state index in [0.29, 0.717) is 5.69 Å². The van der Waals surface area contributed by atoms with Crippen LogP contribution in [-0.2, 0) is 4.79 Å². The summed E-state index contributed by atoms with van der Waals surface area (Å²) in [6.45, 7) is 1.94. The third kappa shape index (κ3) is 4.95. The number of carbonyl (C=O) groups excluding carboxylic acids is 2. The van der Waals surface area contributed by atoms with Crippen LogP contribution in [-0.4, -0.2) is 32.0 Å². The van der Waals surface area contributed by atoms with E-state index in [2.05, 4.69) is 5.32 Å². The number of hydrogen-bond acceptors (Lipinski definition) is 4. The highest BCUT2D eigenvalue weighted by atomic mass is 16.3. The van der Waals surface area contributed by atoms with Crippen molar-refractivity contribution in [3.63, 3.8) is 0 Å². The molecule has 0 radical (unpaired) electrons. The first-order chi connectivity index (χ1) is 16.0. The number of nitrogens with zero attached hydrogens (tertiary/aromatic N) is 2. The van der Waals surface area contributed by atoms with Gasteiger partial charge in [-0.3, -0.25) is 14.5 Å². The van der Waals surface area contributed by atoms with E-state index in [4.69, 9.17) is 4.42 Å². The van der Waals surface area contributed by atoms with Crippen LogP contribution in [0.25, 0.3) is 0 Å². The minimum absolute atomic E-state index is 0.137. The lowest BCUT2D eigenvalue weighted by Gasteiger charge is -2.33. The molecule has 1 aliphatic carbocycles. The normalized spacial score (nSPS) is 14.6. The molecule has 1 heterocycles. The first-order valence-corrected chi connectivity index (χ1v) is 11.5. The van der Waals surface area contributed by atoms with Crippen molar-refractivity contribution in [2.75, 3.05) is 23.9 Å². The van der Waals surface area contributed by atoms with E-state index < -0.39 is 6.04 Å². The smallest absolute Gasteiger partial charge is 0.294 e. The van der Waals surface area contributed by atoms with Crippen LogP contribution in [0.5, 0.6) is 0 Å². The monoisotopic (exact) mass is 445 g/mol. The Labute approximate surface area is 195 Å². The Balaban J connectivity index is 1.82. The molecule has 6 heteroatoms. The van der Waals surface area contributed by atoms with Gasteiger partial charge in [0.15, 0.2) is 5.76 Å². The first kappa shape index (κ1) is 22.6. The molecule has 3 aromatic rings. The average Bonchev–Trinajstić information content (AvgIpc) is 3.52. The Morgan fingerprint density at radius 2 is 1.67 bits per heavy atom. The van der Waals surface area contributed by atoms with E-state index in [0.717, 1.165) is 42.5 Å². The molecule has 0 saturated heterocycles. The molecule has 1 N–H and O–H groups in total. The fourth-order valence-corrected chi connectivity index (χ4v) is 4.44. The Morgan fingerprint density at radius 3 is 2.27 bits per heavy atom. The molecule has 1 aliphatic rings. The maximum absolute atomic E-state index is 13.8. The lowest BCUT2D eigenvalue weighted by molar-refractivity contribution is -0.123. The molecule has 4 rings (SSSR count). The Hall–Kier alpha value is -3.54. The zero-order valence-corrected chi connectivity index (χ0v) is 19.5. The van der Waals surface area contributed by atoms with Crippen LogP contribution in [0.4, 0.5) is 11.4 Å². The van der Waals surface area contributed by atoms with Gasteiger partial charge in [0, 0.05) is 31.5 Å². The van der Waals surface area contributed by atoms with E-state index >= 15 is 0 Å². The van der Waals surface area contributed by atoms with Crippen LogP contribution in [0.15, 0.2) is 71.3 Å². The van der Waals surface area contributed by atoms with E-state index in [9.17, 15) is 9.59 Å². The van der Waals surface area contributed by atoms with Gasteiger partial charge in [-0.25, -0.2) is 0 Å². The highest BCUT2D eigenvalue weighted by Crippen LogP contribution is 2.33. The molecule has 1 saturated carbocycles. The summed E-state index contributed by atoms with van der Waals surface area (Å²) in [6.07, 6.45) is 5.63. The number of aryl methyl sites for hydroxylation is 1. The van der Waals surface area contributed by atoms with E-state index in [1.54, 1.807) is 17.0 Å². The van der Waals surface area contributed by atoms with Crippen LogP contribution >= 0.6 is 0 Å². The summed E-state index contributed by atoms with van der Waals surface area (Å²) in [6, 6.07) is 18.0. The van der Waals surface area contributed by atoms with Gasteiger partial charge in [-0.1, -0.05) is 43.2 Å². The van der Waals surface area contributed by atoms with Gasteiger partial charge < -0.3 is 14.6 Å². The van der Waals surface area contributed by atoms with Gasteiger partial charge in [-0.2, -0.15) is 0 Å². The maximum Gasteiger partial charge on any atom is 0.294 e. The zero-order valence-electron chi connectivity index (χ0n) is 19.5. The number of hydrogen-bond donors (Lipinski definition) is 1.